The number of hydrogen-bond acceptors (Lipinski definition) is 7. The Morgan fingerprint density at radius 2 is 1.85 bits per heavy atom. The summed E-state index contributed by atoms with van der Waals surface area (Å²) in [6.07, 6.45) is 0. The lowest BCUT2D eigenvalue weighted by atomic mass is 10.1. The highest BCUT2D eigenvalue weighted by atomic mass is 79.9. The molecule has 0 radical (unpaired) electrons. The van der Waals surface area contributed by atoms with E-state index in [1.54, 1.807) is 19.1 Å². The van der Waals surface area contributed by atoms with Gasteiger partial charge in [-0.15, -0.1) is 10.2 Å². The molecule has 11 heteroatoms. The molecule has 0 saturated carbocycles. The minimum absolute atomic E-state index is 0.00614. The van der Waals surface area contributed by atoms with Crippen LogP contribution in [0.2, 0.25) is 0 Å². The molecular weight excluding hydrogens is 508 g/mol. The van der Waals surface area contributed by atoms with E-state index < -0.39 is 4.92 Å². The van der Waals surface area contributed by atoms with Crippen molar-refractivity contribution in [1.29, 1.82) is 0 Å². The summed E-state index contributed by atoms with van der Waals surface area (Å²) >= 11 is 4.68. The van der Waals surface area contributed by atoms with Crippen molar-refractivity contribution in [1.82, 2.24) is 20.2 Å². The lowest BCUT2D eigenvalue weighted by Crippen LogP contribution is -2.21. The number of carbonyl (C=O) groups is 1. The minimum Gasteiger partial charge on any atom is -0.298 e. The summed E-state index contributed by atoms with van der Waals surface area (Å²) in [5, 5.41) is 24.0. The first-order valence-corrected chi connectivity index (χ1v) is 11.6. The normalized spacial score (nSPS) is 11.3. The molecular formula is C22H21BrN6O3S. The van der Waals surface area contributed by atoms with Gasteiger partial charge in [0.25, 0.3) is 11.6 Å². The standard InChI is InChI=1S/C22H21BrN6O3S/c1-14(2)12-28-21(17-4-8-18(23)9-5-17)26-27-22(28)33-13-20(30)25-24-15(3)16-6-10-19(11-7-16)29(31)32/h4-11H,1,12-13H2,2-3H3,(H,25,30)/b24-15+. The van der Waals surface area contributed by atoms with Crippen LogP contribution < -0.4 is 5.43 Å². The molecule has 0 aliphatic heterocycles. The number of nitro benzene ring substituents is 1. The number of nitrogens with one attached hydrogen (secondary N) is 1. The Kier molecular flexibility index (Phi) is 8.12. The second-order valence-corrected chi connectivity index (χ2v) is 9.04. The average Bonchev–Trinajstić information content (AvgIpc) is 3.18. The molecule has 1 N–H and O–H groups in total. The number of nitrogens with zero attached hydrogens (tertiary/aromatic N) is 5. The predicted octanol–water partition coefficient (Wildman–Crippen LogP) is 4.82. The quantitative estimate of drug-likeness (QED) is 0.140. The van der Waals surface area contributed by atoms with Crippen LogP contribution in [0.25, 0.3) is 11.4 Å². The maximum absolute atomic E-state index is 12.3. The van der Waals surface area contributed by atoms with Crippen molar-refractivity contribution in [2.45, 2.75) is 25.5 Å². The number of halogens is 1. The van der Waals surface area contributed by atoms with Crippen molar-refractivity contribution in [2.75, 3.05) is 5.75 Å². The van der Waals surface area contributed by atoms with E-state index in [-0.39, 0.29) is 17.3 Å². The number of hydrazone groups is 1. The number of rotatable bonds is 9. The van der Waals surface area contributed by atoms with Crippen LogP contribution in [-0.4, -0.2) is 37.1 Å². The monoisotopic (exact) mass is 528 g/mol. The lowest BCUT2D eigenvalue weighted by Gasteiger charge is -2.10. The molecule has 3 aromatic rings. The molecule has 9 nitrogen and oxygen atoms in total. The van der Waals surface area contributed by atoms with E-state index >= 15 is 0 Å². The Labute approximate surface area is 203 Å². The first-order valence-electron chi connectivity index (χ1n) is 9.79. The van der Waals surface area contributed by atoms with Gasteiger partial charge in [-0.05, 0) is 43.7 Å². The molecule has 0 unspecified atom stereocenters. The number of benzene rings is 2. The Bertz CT molecular complexity index is 1210. The highest BCUT2D eigenvalue weighted by Crippen LogP contribution is 2.26. The van der Waals surface area contributed by atoms with E-state index in [9.17, 15) is 14.9 Å². The van der Waals surface area contributed by atoms with Crippen LogP contribution in [0.3, 0.4) is 0 Å². The number of carbonyl (C=O) groups excluding carboxylic acids is 1. The summed E-state index contributed by atoms with van der Waals surface area (Å²) in [6, 6.07) is 13.7. The Morgan fingerprint density at radius 1 is 1.18 bits per heavy atom. The number of hydrogen-bond donors (Lipinski definition) is 1. The smallest absolute Gasteiger partial charge is 0.269 e. The van der Waals surface area contributed by atoms with E-state index in [2.05, 4.69) is 43.2 Å². The first kappa shape index (κ1) is 24.3. The van der Waals surface area contributed by atoms with Crippen LogP contribution in [-0.2, 0) is 11.3 Å². The van der Waals surface area contributed by atoms with Gasteiger partial charge < -0.3 is 0 Å². The molecule has 0 saturated heterocycles. The molecule has 0 atom stereocenters. The summed E-state index contributed by atoms with van der Waals surface area (Å²) in [4.78, 5) is 22.6. The number of amides is 1. The summed E-state index contributed by atoms with van der Waals surface area (Å²) in [6.45, 7) is 8.14. The van der Waals surface area contributed by atoms with Crippen molar-refractivity contribution in [2.24, 2.45) is 5.10 Å². The van der Waals surface area contributed by atoms with Gasteiger partial charge in [0.15, 0.2) is 11.0 Å². The Balaban J connectivity index is 1.66. The van der Waals surface area contributed by atoms with Crippen molar-refractivity contribution < 1.29 is 9.72 Å². The third-order valence-corrected chi connectivity index (χ3v) is 5.92. The zero-order valence-electron chi connectivity index (χ0n) is 18.0. The van der Waals surface area contributed by atoms with Gasteiger partial charge in [-0.3, -0.25) is 19.5 Å². The molecule has 170 valence electrons. The van der Waals surface area contributed by atoms with Crippen molar-refractivity contribution in [3.05, 3.63) is 80.8 Å². The highest BCUT2D eigenvalue weighted by molar-refractivity contribution is 9.10. The molecule has 1 heterocycles. The Hall–Kier alpha value is -3.31. The fourth-order valence-electron chi connectivity index (χ4n) is 2.82. The zero-order valence-corrected chi connectivity index (χ0v) is 20.4. The van der Waals surface area contributed by atoms with Gasteiger partial charge in [-0.2, -0.15) is 5.10 Å². The van der Waals surface area contributed by atoms with Gasteiger partial charge >= 0.3 is 0 Å². The fraction of sp³-hybridized carbons (Fsp3) is 0.182. The van der Waals surface area contributed by atoms with E-state index in [1.165, 1.54) is 23.9 Å². The fourth-order valence-corrected chi connectivity index (χ4v) is 3.81. The van der Waals surface area contributed by atoms with E-state index in [4.69, 9.17) is 0 Å². The second kappa shape index (κ2) is 11.0. The zero-order chi connectivity index (χ0) is 24.0. The number of thioether (sulfide) groups is 1. The van der Waals surface area contributed by atoms with Gasteiger partial charge in [-0.1, -0.05) is 52.0 Å². The van der Waals surface area contributed by atoms with Crippen LogP contribution in [0, 0.1) is 10.1 Å². The van der Waals surface area contributed by atoms with Crippen LogP contribution in [0.1, 0.15) is 19.4 Å². The van der Waals surface area contributed by atoms with Gasteiger partial charge in [0.05, 0.1) is 16.4 Å². The molecule has 3 rings (SSSR count). The van der Waals surface area contributed by atoms with Gasteiger partial charge in [0, 0.05) is 28.7 Å². The number of nitro groups is 1. The molecule has 0 aliphatic rings. The van der Waals surface area contributed by atoms with Crippen molar-refractivity contribution >= 4 is 45.0 Å². The Morgan fingerprint density at radius 3 is 2.45 bits per heavy atom. The number of aromatic nitrogens is 3. The molecule has 1 amide bonds. The summed E-state index contributed by atoms with van der Waals surface area (Å²) < 4.78 is 2.89. The molecule has 0 bridgehead atoms. The average molecular weight is 529 g/mol. The maximum atomic E-state index is 12.3. The molecule has 2 aromatic carbocycles. The van der Waals surface area contributed by atoms with Crippen molar-refractivity contribution in [3.8, 4) is 11.4 Å². The molecule has 33 heavy (non-hydrogen) atoms. The topological polar surface area (TPSA) is 115 Å². The second-order valence-electron chi connectivity index (χ2n) is 7.18. The largest absolute Gasteiger partial charge is 0.298 e. The van der Waals surface area contributed by atoms with Gasteiger partial charge in [0.2, 0.25) is 0 Å². The number of non-ortho nitro benzene ring substituents is 1. The maximum Gasteiger partial charge on any atom is 0.269 e. The van der Waals surface area contributed by atoms with Crippen LogP contribution >= 0.6 is 27.7 Å². The van der Waals surface area contributed by atoms with E-state index in [0.717, 1.165) is 15.6 Å². The van der Waals surface area contributed by atoms with Gasteiger partial charge in [0.1, 0.15) is 0 Å². The van der Waals surface area contributed by atoms with Gasteiger partial charge in [-0.25, -0.2) is 5.43 Å². The highest BCUT2D eigenvalue weighted by Gasteiger charge is 2.16. The van der Waals surface area contributed by atoms with E-state index in [1.807, 2.05) is 35.8 Å². The van der Waals surface area contributed by atoms with E-state index in [0.29, 0.717) is 28.8 Å². The molecule has 1 aromatic heterocycles. The molecule has 0 fully saturated rings. The predicted molar refractivity (Wildman–Crippen MR) is 132 cm³/mol. The molecule has 0 aliphatic carbocycles. The third-order valence-electron chi connectivity index (χ3n) is 4.42. The summed E-state index contributed by atoms with van der Waals surface area (Å²) in [5.74, 6) is 0.475. The summed E-state index contributed by atoms with van der Waals surface area (Å²) in [7, 11) is 0. The third kappa shape index (κ3) is 6.59. The first-order chi connectivity index (χ1) is 15.7. The SMILES string of the molecule is C=C(C)Cn1c(SCC(=O)N/N=C(\C)c2ccc([N+](=O)[O-])cc2)nnc1-c1ccc(Br)cc1. The van der Waals surface area contributed by atoms with Crippen LogP contribution in [0.5, 0.6) is 0 Å². The lowest BCUT2D eigenvalue weighted by molar-refractivity contribution is -0.384. The van der Waals surface area contributed by atoms with Crippen molar-refractivity contribution in [3.63, 3.8) is 0 Å². The number of allylic oxidation sites excluding steroid dienone is 1. The summed E-state index contributed by atoms with van der Waals surface area (Å²) in [5.41, 5.74) is 5.55. The minimum atomic E-state index is -0.468. The van der Waals surface area contributed by atoms with Crippen LogP contribution in [0.15, 0.2) is 75.4 Å². The van der Waals surface area contributed by atoms with Crippen LogP contribution in [0.4, 0.5) is 5.69 Å². The molecule has 0 spiro atoms.